The highest BCUT2D eigenvalue weighted by Crippen LogP contribution is 2.35. The summed E-state index contributed by atoms with van der Waals surface area (Å²) in [6.45, 7) is 0. The fraction of sp³-hybridized carbons (Fsp3) is 0.353. The molecule has 26 heavy (non-hydrogen) atoms. The van der Waals surface area contributed by atoms with E-state index < -0.39 is 23.7 Å². The number of benzene rings is 1. The van der Waals surface area contributed by atoms with Crippen molar-refractivity contribution in [3.05, 3.63) is 40.8 Å². The van der Waals surface area contributed by atoms with E-state index in [1.807, 2.05) is 0 Å². The van der Waals surface area contributed by atoms with Crippen molar-refractivity contribution in [2.45, 2.75) is 31.4 Å². The molecule has 3 atom stereocenters. The van der Waals surface area contributed by atoms with Crippen molar-refractivity contribution in [2.75, 3.05) is 5.32 Å². The molecule has 1 aromatic heterocycles. The monoisotopic (exact) mass is 377 g/mol. The van der Waals surface area contributed by atoms with Crippen molar-refractivity contribution in [1.82, 2.24) is 9.78 Å². The van der Waals surface area contributed by atoms with E-state index >= 15 is 0 Å². The molecule has 0 aliphatic heterocycles. The van der Waals surface area contributed by atoms with Gasteiger partial charge in [-0.25, -0.2) is 4.39 Å². The Hall–Kier alpha value is -2.63. The summed E-state index contributed by atoms with van der Waals surface area (Å²) >= 11 is 5.67. The van der Waals surface area contributed by atoms with Gasteiger partial charge < -0.3 is 16.2 Å². The van der Waals surface area contributed by atoms with Gasteiger partial charge in [0.15, 0.2) is 5.82 Å². The molecule has 1 aliphatic carbocycles. The summed E-state index contributed by atoms with van der Waals surface area (Å²) in [7, 11) is 0. The van der Waals surface area contributed by atoms with Gasteiger partial charge >= 0.3 is 0 Å². The van der Waals surface area contributed by atoms with E-state index in [1.165, 1.54) is 23.0 Å². The Kier molecular flexibility index (Phi) is 5.11. The quantitative estimate of drug-likeness (QED) is 0.757. The number of nitriles is 1. The van der Waals surface area contributed by atoms with Gasteiger partial charge in [-0.15, -0.1) is 0 Å². The molecule has 1 aliphatic rings. The van der Waals surface area contributed by atoms with Crippen LogP contribution in [0.4, 0.5) is 15.9 Å². The maximum atomic E-state index is 13.6. The highest BCUT2D eigenvalue weighted by atomic mass is 35.5. The van der Waals surface area contributed by atoms with Crippen LogP contribution in [-0.2, 0) is 0 Å². The number of nitrogens with two attached hydrogens (primary N) is 1. The predicted octanol–water partition coefficient (Wildman–Crippen LogP) is 2.74. The molecule has 9 heteroatoms. The van der Waals surface area contributed by atoms with Crippen molar-refractivity contribution in [1.29, 1.82) is 5.26 Å². The van der Waals surface area contributed by atoms with Gasteiger partial charge in [0, 0.05) is 11.9 Å². The van der Waals surface area contributed by atoms with Crippen LogP contribution in [0.5, 0.6) is 0 Å². The summed E-state index contributed by atoms with van der Waals surface area (Å²) in [4.78, 5) is 11.8. The highest BCUT2D eigenvalue weighted by Gasteiger charge is 2.32. The number of aliphatic hydroxyl groups is 1. The van der Waals surface area contributed by atoms with Crippen LogP contribution in [0.25, 0.3) is 0 Å². The number of hydrogen-bond acceptors (Lipinski definition) is 5. The zero-order valence-electron chi connectivity index (χ0n) is 13.7. The number of carbonyl (C=O) groups is 1. The lowest BCUT2D eigenvalue weighted by molar-refractivity contribution is 0.0861. The Morgan fingerprint density at radius 3 is 2.92 bits per heavy atom. The molecule has 0 bridgehead atoms. The molecule has 1 heterocycles. The van der Waals surface area contributed by atoms with Gasteiger partial charge in [-0.3, -0.25) is 9.48 Å². The van der Waals surface area contributed by atoms with E-state index in [1.54, 1.807) is 6.07 Å². The fourth-order valence-corrected chi connectivity index (χ4v) is 3.25. The average Bonchev–Trinajstić information content (AvgIpc) is 3.02. The van der Waals surface area contributed by atoms with E-state index in [2.05, 4.69) is 16.5 Å². The number of nitrogens with one attached hydrogen (secondary N) is 1. The second kappa shape index (κ2) is 7.32. The lowest BCUT2D eigenvalue weighted by Crippen LogP contribution is -2.29. The van der Waals surface area contributed by atoms with E-state index in [9.17, 15) is 19.6 Å². The second-order valence-electron chi connectivity index (χ2n) is 6.26. The molecule has 0 saturated heterocycles. The standard InChI is InChI=1S/C17H17ClFN5O2/c18-13-3-1-10(6-14(13)19)22-17-12(16(21)26)8-24(23-17)15-4-2-11(25)5-9(15)7-20/h1,3,6,8-9,11,15,25H,2,4-5H2,(H2,21,26)(H,22,23). The molecule has 1 amide bonds. The summed E-state index contributed by atoms with van der Waals surface area (Å²) < 4.78 is 15.1. The molecule has 136 valence electrons. The molecule has 4 N–H and O–H groups in total. The van der Waals surface area contributed by atoms with Gasteiger partial charge in [-0.2, -0.15) is 10.4 Å². The first-order valence-corrected chi connectivity index (χ1v) is 8.45. The normalized spacial score (nSPS) is 22.6. The van der Waals surface area contributed by atoms with Crippen LogP contribution in [-0.4, -0.2) is 26.9 Å². The Morgan fingerprint density at radius 2 is 2.27 bits per heavy atom. The topological polar surface area (TPSA) is 117 Å². The van der Waals surface area contributed by atoms with Crippen LogP contribution in [0.1, 0.15) is 35.7 Å². The molecule has 1 aromatic carbocycles. The molecule has 2 aromatic rings. The van der Waals surface area contributed by atoms with Gasteiger partial charge in [0.05, 0.1) is 29.2 Å². The molecule has 0 radical (unpaired) electrons. The summed E-state index contributed by atoms with van der Waals surface area (Å²) in [5, 5.41) is 26.3. The minimum atomic E-state index is -0.697. The van der Waals surface area contributed by atoms with E-state index in [4.69, 9.17) is 17.3 Å². The zero-order valence-corrected chi connectivity index (χ0v) is 14.4. The number of anilines is 2. The Balaban J connectivity index is 1.92. The van der Waals surface area contributed by atoms with Crippen LogP contribution in [0.15, 0.2) is 24.4 Å². The Labute approximate surface area is 154 Å². The lowest BCUT2D eigenvalue weighted by atomic mass is 9.84. The minimum Gasteiger partial charge on any atom is -0.393 e. The van der Waals surface area contributed by atoms with Crippen LogP contribution in [0.2, 0.25) is 5.02 Å². The molecule has 0 spiro atoms. The molecular weight excluding hydrogens is 361 g/mol. The summed E-state index contributed by atoms with van der Waals surface area (Å²) in [5.41, 5.74) is 5.91. The number of carbonyl (C=O) groups excluding carboxylic acids is 1. The third-order valence-corrected chi connectivity index (χ3v) is 4.78. The van der Waals surface area contributed by atoms with Crippen LogP contribution >= 0.6 is 11.6 Å². The number of aromatic nitrogens is 2. The maximum Gasteiger partial charge on any atom is 0.254 e. The number of nitrogens with zero attached hydrogens (tertiary/aromatic N) is 3. The minimum absolute atomic E-state index is 0.0196. The summed E-state index contributed by atoms with van der Waals surface area (Å²) in [6.07, 6.45) is 2.40. The van der Waals surface area contributed by atoms with Crippen molar-refractivity contribution < 1.29 is 14.3 Å². The molecule has 3 unspecified atom stereocenters. The predicted molar refractivity (Wildman–Crippen MR) is 93.4 cm³/mol. The highest BCUT2D eigenvalue weighted by molar-refractivity contribution is 6.30. The second-order valence-corrected chi connectivity index (χ2v) is 6.67. The number of halogens is 2. The lowest BCUT2D eigenvalue weighted by Gasteiger charge is -2.30. The first-order chi connectivity index (χ1) is 12.4. The SMILES string of the molecule is N#CC1CC(O)CCC1n1cc(C(N)=O)c(Nc2ccc(Cl)c(F)c2)n1. The van der Waals surface area contributed by atoms with Crippen molar-refractivity contribution >= 4 is 29.0 Å². The van der Waals surface area contributed by atoms with Crippen molar-refractivity contribution in [3.8, 4) is 6.07 Å². The fourth-order valence-electron chi connectivity index (χ4n) is 3.13. The number of primary amides is 1. The largest absolute Gasteiger partial charge is 0.393 e. The molecule has 1 saturated carbocycles. The van der Waals surface area contributed by atoms with Gasteiger partial charge in [0.1, 0.15) is 11.4 Å². The Bertz CT molecular complexity index is 879. The number of rotatable bonds is 4. The van der Waals surface area contributed by atoms with Crippen molar-refractivity contribution in [2.24, 2.45) is 11.7 Å². The smallest absolute Gasteiger partial charge is 0.254 e. The first-order valence-electron chi connectivity index (χ1n) is 8.07. The maximum absolute atomic E-state index is 13.6. The summed E-state index contributed by atoms with van der Waals surface area (Å²) in [5.74, 6) is -1.57. The van der Waals surface area contributed by atoms with Crippen LogP contribution < -0.4 is 11.1 Å². The molecule has 7 nitrogen and oxygen atoms in total. The average molecular weight is 378 g/mol. The third-order valence-electron chi connectivity index (χ3n) is 4.47. The van der Waals surface area contributed by atoms with Gasteiger partial charge in [0.25, 0.3) is 5.91 Å². The van der Waals surface area contributed by atoms with E-state index in [0.29, 0.717) is 24.9 Å². The summed E-state index contributed by atoms with van der Waals surface area (Å²) in [6, 6.07) is 6.01. The number of amides is 1. The molecule has 3 rings (SSSR count). The molecule has 1 fully saturated rings. The van der Waals surface area contributed by atoms with E-state index in [0.717, 1.165) is 0 Å². The van der Waals surface area contributed by atoms with Gasteiger partial charge in [-0.05, 0) is 37.5 Å². The molecular formula is C17H17ClFN5O2. The Morgan fingerprint density at radius 1 is 1.50 bits per heavy atom. The van der Waals surface area contributed by atoms with Gasteiger partial charge in [-0.1, -0.05) is 11.6 Å². The van der Waals surface area contributed by atoms with Crippen LogP contribution in [0, 0.1) is 23.1 Å². The zero-order chi connectivity index (χ0) is 18.8. The number of hydrogen-bond donors (Lipinski definition) is 3. The van der Waals surface area contributed by atoms with E-state index in [-0.39, 0.29) is 22.4 Å². The number of aliphatic hydroxyl groups excluding tert-OH is 1. The first kappa shape index (κ1) is 18.2. The third kappa shape index (κ3) is 3.64. The van der Waals surface area contributed by atoms with Gasteiger partial charge in [0.2, 0.25) is 0 Å². The van der Waals surface area contributed by atoms with Crippen molar-refractivity contribution in [3.63, 3.8) is 0 Å². The van der Waals surface area contributed by atoms with Crippen LogP contribution in [0.3, 0.4) is 0 Å².